The number of aromatic nitrogens is 1. The lowest BCUT2D eigenvalue weighted by atomic mass is 10.0. The maximum absolute atomic E-state index is 8.70. The molecular weight excluding hydrogens is 228 g/mol. The molecular formula is C9H12N4S2. The Morgan fingerprint density at radius 2 is 2.60 bits per heavy atom. The Hall–Kier alpha value is -0.610. The number of hydrogen-bond acceptors (Lipinski definition) is 6. The van der Waals surface area contributed by atoms with Crippen LogP contribution in [-0.4, -0.2) is 15.7 Å². The average molecular weight is 240 g/mol. The second-order valence-electron chi connectivity index (χ2n) is 3.84. The van der Waals surface area contributed by atoms with Gasteiger partial charge in [0.05, 0.1) is 23.5 Å². The lowest BCUT2D eigenvalue weighted by molar-refractivity contribution is 0.361. The van der Waals surface area contributed by atoms with Crippen LogP contribution in [0.3, 0.4) is 0 Å². The second kappa shape index (κ2) is 3.76. The fourth-order valence-electron chi connectivity index (χ4n) is 1.65. The van der Waals surface area contributed by atoms with Gasteiger partial charge in [-0.15, -0.1) is 23.1 Å². The second-order valence-corrected chi connectivity index (χ2v) is 6.03. The zero-order valence-electron chi connectivity index (χ0n) is 8.36. The van der Waals surface area contributed by atoms with Gasteiger partial charge in [0, 0.05) is 16.8 Å². The third-order valence-corrected chi connectivity index (χ3v) is 4.94. The predicted octanol–water partition coefficient (Wildman–Crippen LogP) is 1.22. The van der Waals surface area contributed by atoms with Crippen LogP contribution >= 0.6 is 23.1 Å². The van der Waals surface area contributed by atoms with E-state index in [-0.39, 0.29) is 5.54 Å². The molecule has 2 atom stereocenters. The molecule has 0 aromatic carbocycles. The van der Waals surface area contributed by atoms with Gasteiger partial charge in [0.25, 0.3) is 0 Å². The number of nitrogens with one attached hydrogen (secondary N) is 1. The van der Waals surface area contributed by atoms with E-state index in [1.54, 1.807) is 23.1 Å². The van der Waals surface area contributed by atoms with Crippen LogP contribution < -0.4 is 11.1 Å². The Balaban J connectivity index is 2.19. The number of thioether (sulfide) groups is 1. The fourth-order valence-corrected chi connectivity index (χ4v) is 3.72. The molecule has 0 bridgehead atoms. The lowest BCUT2D eigenvalue weighted by Crippen LogP contribution is -2.52. The number of nitriles is 1. The zero-order valence-corrected chi connectivity index (χ0v) is 9.99. The highest BCUT2D eigenvalue weighted by molar-refractivity contribution is 8.00. The van der Waals surface area contributed by atoms with Crippen molar-refractivity contribution < 1.29 is 0 Å². The Bertz CT molecular complexity index is 385. The van der Waals surface area contributed by atoms with Gasteiger partial charge in [-0.3, -0.25) is 10.3 Å². The first-order chi connectivity index (χ1) is 7.08. The molecule has 2 rings (SSSR count). The Kier molecular flexibility index (Phi) is 2.73. The van der Waals surface area contributed by atoms with Gasteiger partial charge in [-0.05, 0) is 6.92 Å². The molecule has 2 unspecified atom stereocenters. The third-order valence-electron chi connectivity index (χ3n) is 2.42. The van der Waals surface area contributed by atoms with Crippen LogP contribution in [0.2, 0.25) is 0 Å². The molecule has 1 saturated heterocycles. The van der Waals surface area contributed by atoms with E-state index < -0.39 is 4.99 Å². The van der Waals surface area contributed by atoms with Gasteiger partial charge < -0.3 is 5.73 Å². The number of nitrogens with zero attached hydrogens (tertiary/aromatic N) is 2. The monoisotopic (exact) mass is 240 g/mol. The van der Waals surface area contributed by atoms with E-state index >= 15 is 0 Å². The number of rotatable bonds is 2. The van der Waals surface area contributed by atoms with Crippen molar-refractivity contribution in [1.82, 2.24) is 10.3 Å². The van der Waals surface area contributed by atoms with Gasteiger partial charge in [-0.25, -0.2) is 0 Å². The van der Waals surface area contributed by atoms with Crippen molar-refractivity contribution in [3.05, 3.63) is 16.6 Å². The average Bonchev–Trinajstić information content (AvgIpc) is 2.75. The minimum absolute atomic E-state index is 0.155. The topological polar surface area (TPSA) is 74.7 Å². The molecule has 2 heterocycles. The van der Waals surface area contributed by atoms with E-state index in [1.165, 1.54) is 4.88 Å². The highest BCUT2D eigenvalue weighted by atomic mass is 32.2. The maximum Gasteiger partial charge on any atom is 0.128 e. The minimum Gasteiger partial charge on any atom is -0.304 e. The molecule has 1 aromatic heterocycles. The van der Waals surface area contributed by atoms with Gasteiger partial charge in [0.2, 0.25) is 0 Å². The van der Waals surface area contributed by atoms with Crippen LogP contribution in [-0.2, 0) is 5.54 Å². The minimum atomic E-state index is -0.618. The van der Waals surface area contributed by atoms with Gasteiger partial charge in [0.15, 0.2) is 0 Å². The van der Waals surface area contributed by atoms with E-state index in [2.05, 4.69) is 23.3 Å². The standard InChI is InChI=1S/C9H12N4S2/c1-8(7-4-12-6-14-7)5-15-9(11,13-8)2-3-10/h4,6,13H,2,5,11H2,1H3. The SMILES string of the molecule is CC1(c2cncs2)CSC(N)(CC#N)N1. The molecule has 3 N–H and O–H groups in total. The number of thiazole rings is 1. The van der Waals surface area contributed by atoms with Gasteiger partial charge >= 0.3 is 0 Å². The molecule has 4 nitrogen and oxygen atoms in total. The van der Waals surface area contributed by atoms with Crippen molar-refractivity contribution in [2.24, 2.45) is 5.73 Å². The van der Waals surface area contributed by atoms with Crippen LogP contribution in [0.4, 0.5) is 0 Å². The summed E-state index contributed by atoms with van der Waals surface area (Å²) in [5.41, 5.74) is 7.72. The van der Waals surface area contributed by atoms with Crippen molar-refractivity contribution in [3.8, 4) is 6.07 Å². The van der Waals surface area contributed by atoms with Crippen LogP contribution in [0.5, 0.6) is 0 Å². The first kappa shape index (κ1) is 10.9. The molecule has 1 aliphatic heterocycles. The van der Waals surface area contributed by atoms with Gasteiger partial charge in [0.1, 0.15) is 4.99 Å². The fraction of sp³-hybridized carbons (Fsp3) is 0.556. The maximum atomic E-state index is 8.70. The first-order valence-corrected chi connectivity index (χ1v) is 6.43. The van der Waals surface area contributed by atoms with Gasteiger partial charge in [-0.1, -0.05) is 0 Å². The molecule has 80 valence electrons. The quantitative estimate of drug-likeness (QED) is 0.813. The Labute approximate surface area is 96.9 Å². The summed E-state index contributed by atoms with van der Waals surface area (Å²) in [6.45, 7) is 2.10. The highest BCUT2D eigenvalue weighted by Crippen LogP contribution is 2.40. The van der Waals surface area contributed by atoms with Crippen LogP contribution in [0.25, 0.3) is 0 Å². The number of nitrogens with two attached hydrogens (primary N) is 1. The number of hydrogen-bond donors (Lipinski definition) is 2. The Morgan fingerprint density at radius 3 is 3.20 bits per heavy atom. The summed E-state index contributed by atoms with van der Waals surface area (Å²) in [4.78, 5) is 4.62. The Morgan fingerprint density at radius 1 is 1.80 bits per heavy atom. The third kappa shape index (κ3) is 2.01. The van der Waals surface area contributed by atoms with Gasteiger partial charge in [-0.2, -0.15) is 5.26 Å². The molecule has 0 aliphatic carbocycles. The van der Waals surface area contributed by atoms with E-state index in [0.717, 1.165) is 5.75 Å². The van der Waals surface area contributed by atoms with Crippen molar-refractivity contribution in [1.29, 1.82) is 5.26 Å². The molecule has 0 amide bonds. The van der Waals surface area contributed by atoms with Crippen molar-refractivity contribution in [3.63, 3.8) is 0 Å². The highest BCUT2D eigenvalue weighted by Gasteiger charge is 2.44. The largest absolute Gasteiger partial charge is 0.304 e. The normalized spacial score (nSPS) is 35.3. The molecule has 15 heavy (non-hydrogen) atoms. The van der Waals surface area contributed by atoms with E-state index in [4.69, 9.17) is 11.0 Å². The van der Waals surface area contributed by atoms with Crippen molar-refractivity contribution in [2.75, 3.05) is 5.75 Å². The molecule has 1 aliphatic rings. The molecule has 0 saturated carbocycles. The molecule has 6 heteroatoms. The summed E-state index contributed by atoms with van der Waals surface area (Å²) in [6.07, 6.45) is 2.17. The molecule has 0 spiro atoms. The summed E-state index contributed by atoms with van der Waals surface area (Å²) in [5.74, 6) is 0.868. The zero-order chi connectivity index (χ0) is 10.9. The van der Waals surface area contributed by atoms with E-state index in [0.29, 0.717) is 6.42 Å². The molecule has 0 radical (unpaired) electrons. The smallest absolute Gasteiger partial charge is 0.128 e. The molecule has 1 fully saturated rings. The van der Waals surface area contributed by atoms with Crippen molar-refractivity contribution in [2.45, 2.75) is 23.9 Å². The summed E-state index contributed by atoms with van der Waals surface area (Å²) >= 11 is 3.21. The van der Waals surface area contributed by atoms with Crippen LogP contribution in [0.1, 0.15) is 18.2 Å². The summed E-state index contributed by atoms with van der Waals surface area (Å²) in [7, 11) is 0. The molecule has 1 aromatic rings. The lowest BCUT2D eigenvalue weighted by Gasteiger charge is -2.27. The van der Waals surface area contributed by atoms with Crippen LogP contribution in [0, 0.1) is 11.3 Å². The van der Waals surface area contributed by atoms with Crippen LogP contribution in [0.15, 0.2) is 11.7 Å². The van der Waals surface area contributed by atoms with E-state index in [1.807, 2.05) is 11.7 Å². The predicted molar refractivity (Wildman–Crippen MR) is 62.2 cm³/mol. The first-order valence-electron chi connectivity index (χ1n) is 4.56. The van der Waals surface area contributed by atoms with Crippen molar-refractivity contribution >= 4 is 23.1 Å². The summed E-state index contributed by atoms with van der Waals surface area (Å²) in [5, 5.41) is 12.0. The van der Waals surface area contributed by atoms with E-state index in [9.17, 15) is 0 Å². The summed E-state index contributed by atoms with van der Waals surface area (Å²) < 4.78 is 0. The summed E-state index contributed by atoms with van der Waals surface area (Å²) in [6, 6.07) is 2.11.